The largest absolute Gasteiger partial charge is 0.451 e. The lowest BCUT2D eigenvalue weighted by molar-refractivity contribution is 0.147. The summed E-state index contributed by atoms with van der Waals surface area (Å²) in [6.45, 7) is 0. The summed E-state index contributed by atoms with van der Waals surface area (Å²) in [6.07, 6.45) is 8.15. The van der Waals surface area contributed by atoms with E-state index in [1.165, 1.54) is 24.8 Å². The van der Waals surface area contributed by atoms with Crippen molar-refractivity contribution in [2.24, 2.45) is 17.6 Å². The number of hydrogen-bond donors (Lipinski definition) is 3. The van der Waals surface area contributed by atoms with Crippen LogP contribution in [0.25, 0.3) is 0 Å². The summed E-state index contributed by atoms with van der Waals surface area (Å²) in [5, 5.41) is 18.4. The van der Waals surface area contributed by atoms with Crippen molar-refractivity contribution in [3.05, 3.63) is 34.9 Å². The Labute approximate surface area is 139 Å². The molecule has 0 spiro atoms. The van der Waals surface area contributed by atoms with E-state index in [0.717, 1.165) is 36.6 Å². The molecule has 0 aromatic heterocycles. The molecule has 1 aromatic carbocycles. The van der Waals surface area contributed by atoms with Gasteiger partial charge in [0.25, 0.3) is 0 Å². The fraction of sp³-hybridized carbons (Fsp3) is 0.647. The van der Waals surface area contributed by atoms with Gasteiger partial charge < -0.3 is 15.8 Å². The Kier molecular flexibility index (Phi) is 7.22. The van der Waals surface area contributed by atoms with E-state index in [1.54, 1.807) is 0 Å². The Morgan fingerprint density at radius 2 is 1.86 bits per heavy atom. The first-order chi connectivity index (χ1) is 10.5. The highest BCUT2D eigenvalue weighted by Crippen LogP contribution is 2.39. The number of rotatable bonds is 9. The highest BCUT2D eigenvalue weighted by molar-refractivity contribution is 6.40. The van der Waals surface area contributed by atoms with E-state index in [1.807, 2.05) is 12.1 Å². The highest BCUT2D eigenvalue weighted by atomic mass is 35.5. The smallest absolute Gasteiger partial charge is 0.427 e. The van der Waals surface area contributed by atoms with Crippen molar-refractivity contribution >= 4 is 18.7 Å². The van der Waals surface area contributed by atoms with Crippen molar-refractivity contribution in [3.63, 3.8) is 0 Å². The molecule has 4 N–H and O–H groups in total. The van der Waals surface area contributed by atoms with Crippen LogP contribution in [0.1, 0.15) is 44.1 Å². The third kappa shape index (κ3) is 5.92. The zero-order chi connectivity index (χ0) is 15.9. The normalized spacial score (nSPS) is 22.2. The van der Waals surface area contributed by atoms with Gasteiger partial charge in [0.2, 0.25) is 0 Å². The SMILES string of the molecule is NC(CCCCB(O)O)C1CC(CCc2ccc(Cl)cc2)C1. The molecule has 0 amide bonds. The fourth-order valence-electron chi connectivity index (χ4n) is 3.34. The summed E-state index contributed by atoms with van der Waals surface area (Å²) in [4.78, 5) is 0. The third-order valence-corrected chi connectivity index (χ3v) is 5.13. The summed E-state index contributed by atoms with van der Waals surface area (Å²) in [6, 6.07) is 8.42. The van der Waals surface area contributed by atoms with Crippen molar-refractivity contribution in [2.45, 2.75) is 57.3 Å². The van der Waals surface area contributed by atoms with E-state index in [9.17, 15) is 0 Å². The van der Waals surface area contributed by atoms with Crippen molar-refractivity contribution < 1.29 is 10.0 Å². The van der Waals surface area contributed by atoms with Crippen molar-refractivity contribution in [2.75, 3.05) is 0 Å². The Hall–Kier alpha value is -0.545. The first kappa shape index (κ1) is 17.8. The molecule has 1 aliphatic rings. The Balaban J connectivity index is 1.56. The van der Waals surface area contributed by atoms with Crippen LogP contribution in [0, 0.1) is 11.8 Å². The van der Waals surface area contributed by atoms with E-state index < -0.39 is 7.12 Å². The molecular formula is C17H27BClNO2. The summed E-state index contributed by atoms with van der Waals surface area (Å²) in [5.74, 6) is 1.47. The first-order valence-corrected chi connectivity index (χ1v) is 8.78. The third-order valence-electron chi connectivity index (χ3n) is 4.88. The van der Waals surface area contributed by atoms with Crippen LogP contribution >= 0.6 is 11.6 Å². The number of hydrogen-bond acceptors (Lipinski definition) is 3. The predicted molar refractivity (Wildman–Crippen MR) is 92.8 cm³/mol. The summed E-state index contributed by atoms with van der Waals surface area (Å²) >= 11 is 5.89. The lowest BCUT2D eigenvalue weighted by Gasteiger charge is -2.39. The first-order valence-electron chi connectivity index (χ1n) is 8.40. The number of nitrogens with two attached hydrogens (primary N) is 1. The summed E-state index contributed by atoms with van der Waals surface area (Å²) in [7, 11) is -1.17. The quantitative estimate of drug-likeness (QED) is 0.482. The van der Waals surface area contributed by atoms with Crippen LogP contribution in [0.4, 0.5) is 0 Å². The topological polar surface area (TPSA) is 66.5 Å². The van der Waals surface area contributed by atoms with Gasteiger partial charge in [-0.2, -0.15) is 0 Å². The Morgan fingerprint density at radius 3 is 2.50 bits per heavy atom. The van der Waals surface area contributed by atoms with E-state index in [0.29, 0.717) is 12.2 Å². The maximum atomic E-state index is 8.80. The van der Waals surface area contributed by atoms with Crippen LogP contribution in [-0.4, -0.2) is 23.2 Å². The molecule has 1 unspecified atom stereocenters. The van der Waals surface area contributed by atoms with Crippen LogP contribution in [0.2, 0.25) is 11.3 Å². The molecule has 2 rings (SSSR count). The van der Waals surface area contributed by atoms with Crippen LogP contribution in [0.5, 0.6) is 0 Å². The number of benzene rings is 1. The second kappa shape index (κ2) is 8.92. The number of aryl methyl sites for hydroxylation is 1. The van der Waals surface area contributed by atoms with Gasteiger partial charge in [-0.3, -0.25) is 0 Å². The van der Waals surface area contributed by atoms with Gasteiger partial charge >= 0.3 is 7.12 Å². The molecule has 1 aliphatic carbocycles. The van der Waals surface area contributed by atoms with E-state index >= 15 is 0 Å². The maximum Gasteiger partial charge on any atom is 0.451 e. The molecule has 122 valence electrons. The number of halogens is 1. The lowest BCUT2D eigenvalue weighted by atomic mass is 9.68. The van der Waals surface area contributed by atoms with Gasteiger partial charge in [-0.1, -0.05) is 36.6 Å². The van der Waals surface area contributed by atoms with Crippen molar-refractivity contribution in [1.82, 2.24) is 0 Å². The van der Waals surface area contributed by atoms with Gasteiger partial charge in [0, 0.05) is 11.1 Å². The summed E-state index contributed by atoms with van der Waals surface area (Å²) in [5.41, 5.74) is 7.60. The monoisotopic (exact) mass is 323 g/mol. The zero-order valence-electron chi connectivity index (χ0n) is 13.1. The molecule has 1 saturated carbocycles. The van der Waals surface area contributed by atoms with Gasteiger partial charge in [-0.05, 0) is 68.0 Å². The molecule has 0 saturated heterocycles. The van der Waals surface area contributed by atoms with E-state index in [-0.39, 0.29) is 6.04 Å². The van der Waals surface area contributed by atoms with E-state index in [2.05, 4.69) is 12.1 Å². The number of unbranched alkanes of at least 4 members (excludes halogenated alkanes) is 1. The standard InChI is InChI=1S/C17H27BClNO2/c19-16-8-6-13(7-9-16)4-5-14-11-15(12-14)17(20)3-1-2-10-18(21)22/h6-9,14-15,17,21-22H,1-5,10-12,20H2. The molecule has 1 aromatic rings. The van der Waals surface area contributed by atoms with Gasteiger partial charge in [-0.15, -0.1) is 0 Å². The summed E-state index contributed by atoms with van der Waals surface area (Å²) < 4.78 is 0. The Morgan fingerprint density at radius 1 is 1.18 bits per heavy atom. The van der Waals surface area contributed by atoms with Gasteiger partial charge in [-0.25, -0.2) is 0 Å². The molecule has 0 radical (unpaired) electrons. The van der Waals surface area contributed by atoms with E-state index in [4.69, 9.17) is 27.4 Å². The zero-order valence-corrected chi connectivity index (χ0v) is 13.9. The molecule has 0 aliphatic heterocycles. The minimum absolute atomic E-state index is 0.280. The van der Waals surface area contributed by atoms with Crippen LogP contribution in [-0.2, 0) is 6.42 Å². The van der Waals surface area contributed by atoms with Gasteiger partial charge in [0.1, 0.15) is 0 Å². The minimum atomic E-state index is -1.17. The molecule has 3 nitrogen and oxygen atoms in total. The van der Waals surface area contributed by atoms with Crippen LogP contribution in [0.3, 0.4) is 0 Å². The molecule has 1 atom stereocenters. The highest BCUT2D eigenvalue weighted by Gasteiger charge is 2.32. The second-order valence-electron chi connectivity index (χ2n) is 6.69. The van der Waals surface area contributed by atoms with Gasteiger partial charge in [0.05, 0.1) is 0 Å². The molecule has 0 bridgehead atoms. The molecular weight excluding hydrogens is 296 g/mol. The van der Waals surface area contributed by atoms with Crippen molar-refractivity contribution in [1.29, 1.82) is 0 Å². The Bertz CT molecular complexity index is 435. The van der Waals surface area contributed by atoms with Crippen LogP contribution in [0.15, 0.2) is 24.3 Å². The van der Waals surface area contributed by atoms with Crippen LogP contribution < -0.4 is 5.73 Å². The predicted octanol–water partition coefficient (Wildman–Crippen LogP) is 3.27. The van der Waals surface area contributed by atoms with Gasteiger partial charge in [0.15, 0.2) is 0 Å². The van der Waals surface area contributed by atoms with Crippen molar-refractivity contribution in [3.8, 4) is 0 Å². The average Bonchev–Trinajstić information content (AvgIpc) is 2.43. The minimum Gasteiger partial charge on any atom is -0.427 e. The molecule has 5 heteroatoms. The fourth-order valence-corrected chi connectivity index (χ4v) is 3.46. The molecule has 1 fully saturated rings. The maximum absolute atomic E-state index is 8.80. The lowest BCUT2D eigenvalue weighted by Crippen LogP contribution is -2.39. The second-order valence-corrected chi connectivity index (χ2v) is 7.13. The molecule has 22 heavy (non-hydrogen) atoms. The average molecular weight is 324 g/mol. The molecule has 0 heterocycles.